The molecule has 3 amide bonds. The van der Waals surface area contributed by atoms with Crippen LogP contribution in [-0.4, -0.2) is 93.7 Å². The molecule has 23 heteroatoms. The smallest absolute Gasteiger partial charge is 0.471 e. The van der Waals surface area contributed by atoms with Gasteiger partial charge in [0.2, 0.25) is 5.16 Å². The summed E-state index contributed by atoms with van der Waals surface area (Å²) in [6.07, 6.45) is -3.60. The third-order valence-electron chi connectivity index (χ3n) is 6.52. The van der Waals surface area contributed by atoms with Crippen molar-refractivity contribution < 1.29 is 42.3 Å². The van der Waals surface area contributed by atoms with Crippen molar-refractivity contribution in [1.82, 2.24) is 35.4 Å². The number of thioether (sulfide) groups is 2. The minimum Gasteiger partial charge on any atom is -0.477 e. The number of aliphatic carboxylic acids is 1. The number of β-lactam (4-membered cyclic amide) rings is 1. The first-order valence-corrected chi connectivity index (χ1v) is 17.1. The Morgan fingerprint density at radius 2 is 2.04 bits per heavy atom. The first-order chi connectivity index (χ1) is 23.3. The number of carbonyl (C=O) groups excluding carboxylic acids is 3. The van der Waals surface area contributed by atoms with Crippen molar-refractivity contribution in [3.63, 3.8) is 0 Å². The van der Waals surface area contributed by atoms with E-state index in [4.69, 9.17) is 28.0 Å². The number of allylic oxidation sites excluding steroid dienone is 1. The number of nitrogens with zero attached hydrogens (tertiary/aromatic N) is 7. The number of alkyl halides is 3. The molecular formula is C26H20Cl2F3N9O6S3. The minimum absolute atomic E-state index is 0.156. The molecule has 5 rings (SSSR count). The van der Waals surface area contributed by atoms with Gasteiger partial charge in [-0.1, -0.05) is 52.3 Å². The molecule has 0 radical (unpaired) electrons. The van der Waals surface area contributed by atoms with Gasteiger partial charge in [0.1, 0.15) is 29.4 Å². The summed E-state index contributed by atoms with van der Waals surface area (Å²) >= 11 is 14.9. The number of rotatable bonds is 13. The fraction of sp³-hybridized carbons (Fsp3) is 0.269. The molecule has 2 aromatic heterocycles. The number of benzene rings is 1. The fourth-order valence-corrected chi connectivity index (χ4v) is 7.69. The number of thiazole rings is 1. The molecule has 2 aliphatic heterocycles. The van der Waals surface area contributed by atoms with E-state index in [0.29, 0.717) is 34.2 Å². The molecule has 4 heterocycles. The van der Waals surface area contributed by atoms with Crippen molar-refractivity contribution in [3.8, 4) is 0 Å². The third-order valence-corrected chi connectivity index (χ3v) is 10.4. The molecule has 1 fully saturated rings. The van der Waals surface area contributed by atoms with Crippen molar-refractivity contribution in [2.75, 3.05) is 16.8 Å². The first kappa shape index (κ1) is 36.1. The second-order valence-corrected chi connectivity index (χ2v) is 13.5. The molecule has 3 aromatic rings. The number of hydrogen-bond donors (Lipinski definition) is 3. The van der Waals surface area contributed by atoms with Crippen LogP contribution < -0.4 is 10.6 Å². The van der Waals surface area contributed by atoms with Crippen LogP contribution >= 0.6 is 58.1 Å². The van der Waals surface area contributed by atoms with Crippen LogP contribution in [0.1, 0.15) is 11.3 Å². The number of tetrazole rings is 1. The van der Waals surface area contributed by atoms with E-state index in [1.807, 2.05) is 0 Å². The number of hydrogen-bond acceptors (Lipinski definition) is 13. The highest BCUT2D eigenvalue weighted by molar-refractivity contribution is 8.01. The molecule has 2 aliphatic rings. The second-order valence-electron chi connectivity index (χ2n) is 9.79. The Labute approximate surface area is 295 Å². The number of anilines is 1. The number of carbonyl (C=O) groups is 4. The van der Waals surface area contributed by atoms with Gasteiger partial charge in [-0.2, -0.15) is 13.2 Å². The monoisotopic (exact) mass is 777 g/mol. The van der Waals surface area contributed by atoms with Crippen LogP contribution in [0.4, 0.5) is 18.3 Å². The van der Waals surface area contributed by atoms with Gasteiger partial charge in [-0.05, 0) is 33.7 Å². The SMILES string of the molecule is C=CCn1nnnc1SCC1=C(C(=O)O)N2C(=O)C(NC(=O)C(=NOCc3ccc(Cl)c(Cl)c3)c3csc(NC(=O)C(F)(F)F)n3)[C@@H]2SC1. The predicted molar refractivity (Wildman–Crippen MR) is 173 cm³/mol. The molecule has 1 saturated heterocycles. The summed E-state index contributed by atoms with van der Waals surface area (Å²) in [5.41, 5.74) is -0.133. The van der Waals surface area contributed by atoms with E-state index < -0.39 is 52.1 Å². The van der Waals surface area contributed by atoms with E-state index in [-0.39, 0.29) is 39.5 Å². The van der Waals surface area contributed by atoms with E-state index in [1.165, 1.54) is 40.3 Å². The van der Waals surface area contributed by atoms with Gasteiger partial charge in [0.15, 0.2) is 10.8 Å². The summed E-state index contributed by atoms with van der Waals surface area (Å²) < 4.78 is 39.8. The van der Waals surface area contributed by atoms with E-state index in [0.717, 1.165) is 10.3 Å². The number of aromatic nitrogens is 5. The number of nitrogens with one attached hydrogen (secondary N) is 2. The highest BCUT2D eigenvalue weighted by Gasteiger charge is 2.54. The molecule has 1 aromatic carbocycles. The van der Waals surface area contributed by atoms with Gasteiger partial charge in [-0.25, -0.2) is 14.5 Å². The van der Waals surface area contributed by atoms with Crippen LogP contribution in [0.15, 0.2) is 57.8 Å². The lowest BCUT2D eigenvalue weighted by atomic mass is 10.0. The number of halogens is 5. The summed E-state index contributed by atoms with van der Waals surface area (Å²) in [6.45, 7) is 3.74. The number of carboxylic acids is 1. The van der Waals surface area contributed by atoms with Crippen molar-refractivity contribution in [3.05, 3.63) is 68.8 Å². The summed E-state index contributed by atoms with van der Waals surface area (Å²) in [5, 5.41) is 30.0. The Kier molecular flexibility index (Phi) is 11.2. The Morgan fingerprint density at radius 1 is 1.27 bits per heavy atom. The van der Waals surface area contributed by atoms with Gasteiger partial charge >= 0.3 is 18.1 Å². The largest absolute Gasteiger partial charge is 0.477 e. The van der Waals surface area contributed by atoms with Gasteiger partial charge < -0.3 is 15.3 Å². The van der Waals surface area contributed by atoms with Crippen molar-refractivity contribution in [1.29, 1.82) is 0 Å². The van der Waals surface area contributed by atoms with Crippen LogP contribution in [0, 0.1) is 0 Å². The normalized spacial score (nSPS) is 17.7. The Balaban J connectivity index is 1.33. The molecule has 0 bridgehead atoms. The fourth-order valence-electron chi connectivity index (χ4n) is 4.31. The molecule has 15 nitrogen and oxygen atoms in total. The van der Waals surface area contributed by atoms with Gasteiger partial charge in [0, 0.05) is 16.9 Å². The lowest BCUT2D eigenvalue weighted by Crippen LogP contribution is -2.71. The zero-order chi connectivity index (χ0) is 35.5. The number of oxime groups is 1. The molecule has 0 saturated carbocycles. The average Bonchev–Trinajstić information content (AvgIpc) is 3.70. The molecule has 0 aliphatic carbocycles. The highest BCUT2D eigenvalue weighted by atomic mass is 35.5. The lowest BCUT2D eigenvalue weighted by molar-refractivity contribution is -0.167. The summed E-state index contributed by atoms with van der Waals surface area (Å²) in [6, 6.07) is 3.35. The highest BCUT2D eigenvalue weighted by Crippen LogP contribution is 2.41. The van der Waals surface area contributed by atoms with Crippen molar-refractivity contribution >= 4 is 92.6 Å². The molecule has 0 spiro atoms. The van der Waals surface area contributed by atoms with Crippen LogP contribution in [0.25, 0.3) is 0 Å². The molecule has 1 unspecified atom stereocenters. The molecule has 49 heavy (non-hydrogen) atoms. The van der Waals surface area contributed by atoms with Crippen molar-refractivity contribution in [2.24, 2.45) is 5.16 Å². The zero-order valence-corrected chi connectivity index (χ0v) is 28.3. The average molecular weight is 779 g/mol. The quantitative estimate of drug-likeness (QED) is 0.0752. The van der Waals surface area contributed by atoms with Crippen LogP contribution in [-0.2, 0) is 37.2 Å². The third kappa shape index (κ3) is 8.18. The van der Waals surface area contributed by atoms with Crippen molar-refractivity contribution in [2.45, 2.75) is 35.9 Å². The number of carboxylic acid groups (broad SMARTS) is 1. The maximum absolute atomic E-state index is 13.5. The van der Waals surface area contributed by atoms with E-state index in [9.17, 15) is 37.5 Å². The van der Waals surface area contributed by atoms with Gasteiger partial charge in [0.05, 0.1) is 16.6 Å². The number of fused-ring (bicyclic) bond motifs is 1. The molecule has 2 atom stereocenters. The van der Waals surface area contributed by atoms with Crippen LogP contribution in [0.5, 0.6) is 0 Å². The Morgan fingerprint density at radius 3 is 2.73 bits per heavy atom. The van der Waals surface area contributed by atoms with Gasteiger partial charge in [-0.3, -0.25) is 24.6 Å². The summed E-state index contributed by atoms with van der Waals surface area (Å²) in [7, 11) is 0. The maximum Gasteiger partial charge on any atom is 0.471 e. The van der Waals surface area contributed by atoms with E-state index in [1.54, 1.807) is 17.5 Å². The van der Waals surface area contributed by atoms with Gasteiger partial charge in [-0.15, -0.1) is 34.8 Å². The standard InChI is InChI=1S/C26H20Cl2F3N9O6S3/c1-2-5-39-25(35-37-38-39)49-9-12-8-47-21-17(20(42)40(21)18(12)22(43)44)33-19(41)16(36-46-7-11-3-4-13(27)14(28)6-11)15-10-48-24(32-15)34-23(45)26(29,30)31/h2-4,6,10,17,21H,1,5,7-9H2,(H,33,41)(H,43,44)(H,32,34,45)/t17?,21-/m0/s1. The number of amides is 3. The topological polar surface area (TPSA) is 194 Å². The van der Waals surface area contributed by atoms with Crippen LogP contribution in [0.3, 0.4) is 0 Å². The minimum atomic E-state index is -5.19. The van der Waals surface area contributed by atoms with E-state index in [2.05, 4.69) is 37.6 Å². The van der Waals surface area contributed by atoms with Crippen LogP contribution in [0.2, 0.25) is 10.0 Å². The zero-order valence-electron chi connectivity index (χ0n) is 24.3. The van der Waals surface area contributed by atoms with Gasteiger partial charge in [0.25, 0.3) is 11.8 Å². The lowest BCUT2D eigenvalue weighted by Gasteiger charge is -2.49. The molecule has 3 N–H and O–H groups in total. The Hall–Kier alpha value is -4.18. The van der Waals surface area contributed by atoms with E-state index >= 15 is 0 Å². The maximum atomic E-state index is 13.5. The summed E-state index contributed by atoms with van der Waals surface area (Å²) in [5.74, 6) is -5.02. The molecular weight excluding hydrogens is 758 g/mol. The summed E-state index contributed by atoms with van der Waals surface area (Å²) in [4.78, 5) is 60.7. The first-order valence-electron chi connectivity index (χ1n) is 13.5. The second kappa shape index (κ2) is 15.2. The Bertz CT molecular complexity index is 1890. The predicted octanol–water partition coefficient (Wildman–Crippen LogP) is 3.58. The molecule has 258 valence electrons.